The van der Waals surface area contributed by atoms with Gasteiger partial charge in [0.2, 0.25) is 5.91 Å². The van der Waals surface area contributed by atoms with Gasteiger partial charge < -0.3 is 16.0 Å². The van der Waals surface area contributed by atoms with E-state index in [4.69, 9.17) is 0 Å². The predicted molar refractivity (Wildman–Crippen MR) is 119 cm³/mol. The summed E-state index contributed by atoms with van der Waals surface area (Å²) in [7, 11) is 1.76. The summed E-state index contributed by atoms with van der Waals surface area (Å²) in [6, 6.07) is 8.94. The molecule has 3 N–H and O–H groups in total. The van der Waals surface area contributed by atoms with Crippen molar-refractivity contribution >= 4 is 35.8 Å². The van der Waals surface area contributed by atoms with Crippen molar-refractivity contribution in [1.82, 2.24) is 16.0 Å². The summed E-state index contributed by atoms with van der Waals surface area (Å²) >= 11 is 0. The summed E-state index contributed by atoms with van der Waals surface area (Å²) in [6.07, 6.45) is 3.18. The molecule has 1 amide bonds. The molecule has 1 aliphatic carbocycles. The van der Waals surface area contributed by atoms with Crippen LogP contribution < -0.4 is 16.0 Å². The minimum atomic E-state index is 0. The third kappa shape index (κ3) is 7.93. The van der Waals surface area contributed by atoms with E-state index in [2.05, 4.69) is 66.0 Å². The Hall–Kier alpha value is -1.31. The first-order chi connectivity index (χ1) is 12.0. The van der Waals surface area contributed by atoms with E-state index in [1.807, 2.05) is 0 Å². The van der Waals surface area contributed by atoms with Gasteiger partial charge in [-0.25, -0.2) is 0 Å². The maximum Gasteiger partial charge on any atom is 0.223 e. The molecule has 0 heterocycles. The van der Waals surface area contributed by atoms with Crippen molar-refractivity contribution in [1.29, 1.82) is 0 Å². The molecule has 2 rings (SSSR count). The molecule has 1 aliphatic rings. The number of carbonyl (C=O) groups excluding carboxylic acids is 1. The first-order valence-corrected chi connectivity index (χ1v) is 9.33. The smallest absolute Gasteiger partial charge is 0.223 e. The highest BCUT2D eigenvalue weighted by Crippen LogP contribution is 2.28. The zero-order valence-electron chi connectivity index (χ0n) is 16.3. The standard InChI is InChI=1S/C20H32N4O.HI/c1-14(2)13-16-5-7-17(8-6-16)15(3)24-20(21-4)23-12-11-22-19(25)18-9-10-18;/h5-8,14-15,18H,9-13H2,1-4H3,(H,22,25)(H2,21,23,24);1H. The largest absolute Gasteiger partial charge is 0.355 e. The molecule has 1 unspecified atom stereocenters. The van der Waals surface area contributed by atoms with Crippen LogP contribution in [0.4, 0.5) is 0 Å². The van der Waals surface area contributed by atoms with Crippen LogP contribution in [0.15, 0.2) is 29.3 Å². The van der Waals surface area contributed by atoms with E-state index < -0.39 is 0 Å². The van der Waals surface area contributed by atoms with Gasteiger partial charge in [-0.3, -0.25) is 9.79 Å². The van der Waals surface area contributed by atoms with Crippen LogP contribution in [0.3, 0.4) is 0 Å². The molecule has 0 aliphatic heterocycles. The second-order valence-corrected chi connectivity index (χ2v) is 7.27. The lowest BCUT2D eigenvalue weighted by Crippen LogP contribution is -2.42. The SMILES string of the molecule is CN=C(NCCNC(=O)C1CC1)NC(C)c1ccc(CC(C)C)cc1.I. The maximum absolute atomic E-state index is 11.6. The van der Waals surface area contributed by atoms with E-state index >= 15 is 0 Å². The first kappa shape index (κ1) is 22.7. The molecule has 26 heavy (non-hydrogen) atoms. The molecule has 5 nitrogen and oxygen atoms in total. The highest BCUT2D eigenvalue weighted by molar-refractivity contribution is 14.0. The van der Waals surface area contributed by atoms with Crippen molar-refractivity contribution in [3.63, 3.8) is 0 Å². The summed E-state index contributed by atoms with van der Waals surface area (Å²) in [5.74, 6) is 1.86. The molecule has 1 aromatic carbocycles. The predicted octanol–water partition coefficient (Wildman–Crippen LogP) is 3.26. The van der Waals surface area contributed by atoms with Crippen molar-refractivity contribution < 1.29 is 4.79 Å². The molecule has 6 heteroatoms. The molecule has 1 aromatic rings. The number of nitrogens with one attached hydrogen (secondary N) is 3. The molecule has 1 atom stereocenters. The van der Waals surface area contributed by atoms with E-state index in [9.17, 15) is 4.79 Å². The Bertz CT molecular complexity index is 582. The lowest BCUT2D eigenvalue weighted by molar-refractivity contribution is -0.122. The average Bonchev–Trinajstić information content (AvgIpc) is 3.42. The maximum atomic E-state index is 11.6. The van der Waals surface area contributed by atoms with Crippen molar-refractivity contribution in [2.24, 2.45) is 16.8 Å². The van der Waals surface area contributed by atoms with Gasteiger partial charge in [-0.1, -0.05) is 38.1 Å². The van der Waals surface area contributed by atoms with Crippen LogP contribution in [0, 0.1) is 11.8 Å². The van der Waals surface area contributed by atoms with Crippen LogP contribution in [-0.2, 0) is 11.2 Å². The average molecular weight is 472 g/mol. The lowest BCUT2D eigenvalue weighted by Gasteiger charge is -2.19. The molecule has 0 aromatic heterocycles. The van der Waals surface area contributed by atoms with Gasteiger partial charge in [-0.15, -0.1) is 24.0 Å². The number of nitrogens with zero attached hydrogens (tertiary/aromatic N) is 1. The summed E-state index contributed by atoms with van der Waals surface area (Å²) in [5.41, 5.74) is 2.61. The van der Waals surface area contributed by atoms with Crippen LogP contribution in [0.1, 0.15) is 50.8 Å². The molecule has 1 saturated carbocycles. The van der Waals surface area contributed by atoms with Gasteiger partial charge in [0.15, 0.2) is 5.96 Å². The van der Waals surface area contributed by atoms with E-state index in [1.165, 1.54) is 11.1 Å². The summed E-state index contributed by atoms with van der Waals surface area (Å²) in [5, 5.41) is 9.59. The molecule has 146 valence electrons. The highest BCUT2D eigenvalue weighted by atomic mass is 127. The molecule has 0 saturated heterocycles. The summed E-state index contributed by atoms with van der Waals surface area (Å²) in [4.78, 5) is 15.8. The third-order valence-corrected chi connectivity index (χ3v) is 4.37. The molecule has 0 radical (unpaired) electrons. The van der Waals surface area contributed by atoms with Crippen molar-refractivity contribution in [2.75, 3.05) is 20.1 Å². The molecule has 0 bridgehead atoms. The van der Waals surface area contributed by atoms with Crippen molar-refractivity contribution in [3.8, 4) is 0 Å². The number of carbonyl (C=O) groups is 1. The lowest BCUT2D eigenvalue weighted by atomic mass is 10.00. The van der Waals surface area contributed by atoms with Gasteiger partial charge >= 0.3 is 0 Å². The Morgan fingerprint density at radius 3 is 2.27 bits per heavy atom. The quantitative estimate of drug-likeness (QED) is 0.236. The second-order valence-electron chi connectivity index (χ2n) is 7.27. The Morgan fingerprint density at radius 1 is 1.12 bits per heavy atom. The highest BCUT2D eigenvalue weighted by Gasteiger charge is 2.28. The number of amides is 1. The molecule has 0 spiro atoms. The molecule has 1 fully saturated rings. The van der Waals surface area contributed by atoms with Gasteiger partial charge in [-0.2, -0.15) is 0 Å². The van der Waals surface area contributed by atoms with Crippen LogP contribution >= 0.6 is 24.0 Å². The van der Waals surface area contributed by atoms with Gasteiger partial charge in [0.25, 0.3) is 0 Å². The molecular weight excluding hydrogens is 439 g/mol. The number of aliphatic imine (C=N–C) groups is 1. The van der Waals surface area contributed by atoms with Crippen LogP contribution in [0.5, 0.6) is 0 Å². The number of rotatable bonds is 8. The Morgan fingerprint density at radius 2 is 1.73 bits per heavy atom. The number of hydrogen-bond acceptors (Lipinski definition) is 2. The summed E-state index contributed by atoms with van der Waals surface area (Å²) < 4.78 is 0. The van der Waals surface area contributed by atoms with Gasteiger partial charge in [0, 0.05) is 26.1 Å². The number of guanidine groups is 1. The fraction of sp³-hybridized carbons (Fsp3) is 0.600. The van der Waals surface area contributed by atoms with E-state index in [1.54, 1.807) is 7.05 Å². The number of halogens is 1. The topological polar surface area (TPSA) is 65.5 Å². The van der Waals surface area contributed by atoms with E-state index in [-0.39, 0.29) is 41.8 Å². The first-order valence-electron chi connectivity index (χ1n) is 9.33. The molecular formula is C20H33IN4O. The Balaban J connectivity index is 0.00000338. The minimum Gasteiger partial charge on any atom is -0.355 e. The fourth-order valence-electron chi connectivity index (χ4n) is 2.75. The third-order valence-electron chi connectivity index (χ3n) is 4.37. The van der Waals surface area contributed by atoms with Gasteiger partial charge in [-0.05, 0) is 43.2 Å². The van der Waals surface area contributed by atoms with E-state index in [0.717, 1.165) is 25.2 Å². The summed E-state index contributed by atoms with van der Waals surface area (Å²) in [6.45, 7) is 7.88. The Kier molecular flexibility index (Phi) is 9.98. The minimum absolute atomic E-state index is 0. The zero-order valence-corrected chi connectivity index (χ0v) is 18.7. The van der Waals surface area contributed by atoms with Crippen LogP contribution in [0.25, 0.3) is 0 Å². The van der Waals surface area contributed by atoms with Crippen molar-refractivity contribution in [2.45, 2.75) is 46.1 Å². The normalized spacial score (nSPS) is 15.2. The fourth-order valence-corrected chi connectivity index (χ4v) is 2.75. The zero-order chi connectivity index (χ0) is 18.2. The van der Waals surface area contributed by atoms with Gasteiger partial charge in [0.1, 0.15) is 0 Å². The number of hydrogen-bond donors (Lipinski definition) is 3. The number of benzene rings is 1. The van der Waals surface area contributed by atoms with Crippen molar-refractivity contribution in [3.05, 3.63) is 35.4 Å². The Labute approximate surface area is 174 Å². The van der Waals surface area contributed by atoms with Crippen LogP contribution in [0.2, 0.25) is 0 Å². The van der Waals surface area contributed by atoms with Gasteiger partial charge in [0.05, 0.1) is 6.04 Å². The van der Waals surface area contributed by atoms with E-state index in [0.29, 0.717) is 19.0 Å². The van der Waals surface area contributed by atoms with Crippen LogP contribution in [-0.4, -0.2) is 32.0 Å². The monoisotopic (exact) mass is 472 g/mol. The second kappa shape index (κ2) is 11.4.